The van der Waals surface area contributed by atoms with Crippen LogP contribution in [0.1, 0.15) is 44.9 Å². The second-order valence-corrected chi connectivity index (χ2v) is 5.27. The van der Waals surface area contributed by atoms with E-state index in [-0.39, 0.29) is 0 Å². The number of aliphatic imine (C=N–C) groups is 1. The summed E-state index contributed by atoms with van der Waals surface area (Å²) < 4.78 is 0. The lowest BCUT2D eigenvalue weighted by molar-refractivity contribution is 0.453. The molecular weight excluding hydrogens is 222 g/mol. The maximum Gasteiger partial charge on any atom is 0.193 e. The summed E-state index contributed by atoms with van der Waals surface area (Å²) in [5.41, 5.74) is 0. The number of unbranched alkanes of at least 4 members (excludes halogenated alkanes) is 3. The molecule has 1 aliphatic rings. The molecule has 3 heteroatoms. The molecule has 0 atom stereocenters. The van der Waals surface area contributed by atoms with E-state index in [4.69, 9.17) is 0 Å². The summed E-state index contributed by atoms with van der Waals surface area (Å²) in [6.45, 7) is 5.90. The molecule has 0 amide bonds. The van der Waals surface area contributed by atoms with Crippen molar-refractivity contribution in [2.75, 3.05) is 27.2 Å². The van der Waals surface area contributed by atoms with E-state index < -0.39 is 0 Å². The fourth-order valence-electron chi connectivity index (χ4n) is 2.10. The van der Waals surface area contributed by atoms with Crippen molar-refractivity contribution in [2.45, 2.75) is 44.9 Å². The third-order valence-electron chi connectivity index (χ3n) is 3.51. The molecule has 0 unspecified atom stereocenters. The Morgan fingerprint density at radius 3 is 2.78 bits per heavy atom. The summed E-state index contributed by atoms with van der Waals surface area (Å²) in [5.74, 6) is 2.03. The number of hydrogen-bond acceptors (Lipinski definition) is 1. The minimum atomic E-state index is 0.986. The van der Waals surface area contributed by atoms with E-state index in [1.165, 1.54) is 38.5 Å². The van der Waals surface area contributed by atoms with Gasteiger partial charge in [-0.3, -0.25) is 4.99 Å². The van der Waals surface area contributed by atoms with Gasteiger partial charge < -0.3 is 10.2 Å². The molecule has 0 aliphatic heterocycles. The average molecular weight is 251 g/mol. The molecule has 1 rings (SSSR count). The van der Waals surface area contributed by atoms with Gasteiger partial charge in [-0.05, 0) is 31.6 Å². The van der Waals surface area contributed by atoms with E-state index in [0.717, 1.165) is 31.4 Å². The van der Waals surface area contributed by atoms with Gasteiger partial charge in [-0.2, -0.15) is 0 Å². The molecule has 0 bridgehead atoms. The normalized spacial score (nSPS) is 15.6. The van der Waals surface area contributed by atoms with Crippen LogP contribution in [0.5, 0.6) is 0 Å². The Balaban J connectivity index is 2.07. The molecule has 1 fully saturated rings. The van der Waals surface area contributed by atoms with Crippen molar-refractivity contribution < 1.29 is 0 Å². The van der Waals surface area contributed by atoms with Crippen molar-refractivity contribution in [1.82, 2.24) is 10.2 Å². The van der Waals surface area contributed by atoms with E-state index in [1.807, 2.05) is 13.1 Å². The van der Waals surface area contributed by atoms with Gasteiger partial charge in [0.1, 0.15) is 0 Å². The molecule has 0 aromatic rings. The Kier molecular flexibility index (Phi) is 7.54. The maximum atomic E-state index is 4.34. The molecule has 1 N–H and O–H groups in total. The summed E-state index contributed by atoms with van der Waals surface area (Å²) in [4.78, 5) is 6.57. The number of nitrogens with zero attached hydrogens (tertiary/aromatic N) is 2. The fourth-order valence-corrected chi connectivity index (χ4v) is 2.10. The van der Waals surface area contributed by atoms with Crippen LogP contribution in [0.2, 0.25) is 0 Å². The van der Waals surface area contributed by atoms with Crippen LogP contribution in [0.3, 0.4) is 0 Å². The standard InChI is InChI=1S/C15H29N3/c1-4-5-6-7-8-13-18(3)15(16-2)17-12-11-14-9-10-14/h4,14H,1,5-13H2,2-3H3,(H,16,17). The minimum absolute atomic E-state index is 0.986. The Labute approximate surface area is 112 Å². The van der Waals surface area contributed by atoms with Gasteiger partial charge in [-0.15, -0.1) is 6.58 Å². The zero-order chi connectivity index (χ0) is 13.2. The number of allylic oxidation sites excluding steroid dienone is 1. The van der Waals surface area contributed by atoms with E-state index in [1.54, 1.807) is 0 Å². The molecule has 18 heavy (non-hydrogen) atoms. The lowest BCUT2D eigenvalue weighted by atomic mass is 10.2. The molecule has 0 radical (unpaired) electrons. The molecule has 104 valence electrons. The van der Waals surface area contributed by atoms with Crippen LogP contribution in [-0.2, 0) is 0 Å². The first-order valence-corrected chi connectivity index (χ1v) is 7.30. The van der Waals surface area contributed by atoms with Gasteiger partial charge in [0.2, 0.25) is 0 Å². The van der Waals surface area contributed by atoms with E-state index in [0.29, 0.717) is 0 Å². The lowest BCUT2D eigenvalue weighted by Crippen LogP contribution is -2.39. The van der Waals surface area contributed by atoms with Crippen LogP contribution < -0.4 is 5.32 Å². The van der Waals surface area contributed by atoms with E-state index >= 15 is 0 Å². The Morgan fingerprint density at radius 2 is 2.17 bits per heavy atom. The van der Waals surface area contributed by atoms with Crippen molar-refractivity contribution >= 4 is 5.96 Å². The van der Waals surface area contributed by atoms with Gasteiger partial charge in [0, 0.05) is 27.2 Å². The van der Waals surface area contributed by atoms with Gasteiger partial charge in [-0.1, -0.05) is 25.3 Å². The SMILES string of the molecule is C=CCCCCCN(C)C(=NC)NCCC1CC1. The van der Waals surface area contributed by atoms with Crippen LogP contribution in [0.15, 0.2) is 17.6 Å². The first-order chi connectivity index (χ1) is 8.77. The van der Waals surface area contributed by atoms with Crippen molar-refractivity contribution in [1.29, 1.82) is 0 Å². The van der Waals surface area contributed by atoms with Crippen molar-refractivity contribution in [2.24, 2.45) is 10.9 Å². The summed E-state index contributed by atoms with van der Waals surface area (Å²) in [7, 11) is 3.99. The highest BCUT2D eigenvalue weighted by atomic mass is 15.3. The smallest absolute Gasteiger partial charge is 0.193 e. The predicted molar refractivity (Wildman–Crippen MR) is 80.0 cm³/mol. The molecule has 0 saturated heterocycles. The number of rotatable bonds is 9. The number of hydrogen-bond donors (Lipinski definition) is 1. The van der Waals surface area contributed by atoms with Crippen LogP contribution in [0.25, 0.3) is 0 Å². The highest BCUT2D eigenvalue weighted by Gasteiger charge is 2.20. The maximum absolute atomic E-state index is 4.34. The summed E-state index contributed by atoms with van der Waals surface area (Å²) in [6, 6.07) is 0. The van der Waals surface area contributed by atoms with Crippen molar-refractivity contribution in [3.8, 4) is 0 Å². The van der Waals surface area contributed by atoms with Crippen LogP contribution >= 0.6 is 0 Å². The highest BCUT2D eigenvalue weighted by molar-refractivity contribution is 5.79. The van der Waals surface area contributed by atoms with Gasteiger partial charge in [0.05, 0.1) is 0 Å². The number of guanidine groups is 1. The van der Waals surface area contributed by atoms with Crippen LogP contribution in [-0.4, -0.2) is 38.0 Å². The quantitative estimate of drug-likeness (QED) is 0.295. The fraction of sp³-hybridized carbons (Fsp3) is 0.800. The Hall–Kier alpha value is -0.990. The third-order valence-corrected chi connectivity index (χ3v) is 3.51. The second-order valence-electron chi connectivity index (χ2n) is 5.27. The minimum Gasteiger partial charge on any atom is -0.356 e. The summed E-state index contributed by atoms with van der Waals surface area (Å²) in [5, 5.41) is 3.45. The Bertz CT molecular complexity index is 256. The van der Waals surface area contributed by atoms with Crippen molar-refractivity contribution in [3.05, 3.63) is 12.7 Å². The predicted octanol–water partition coefficient (Wildman–Crippen LogP) is 3.04. The molecule has 0 aromatic heterocycles. The van der Waals surface area contributed by atoms with Gasteiger partial charge in [0.25, 0.3) is 0 Å². The molecule has 0 spiro atoms. The first-order valence-electron chi connectivity index (χ1n) is 7.30. The molecule has 1 aliphatic carbocycles. The molecule has 1 saturated carbocycles. The monoisotopic (exact) mass is 251 g/mol. The summed E-state index contributed by atoms with van der Waals surface area (Å²) in [6.07, 6.45) is 11.1. The second kappa shape index (κ2) is 9.01. The number of nitrogens with one attached hydrogen (secondary N) is 1. The Morgan fingerprint density at radius 1 is 1.39 bits per heavy atom. The zero-order valence-corrected chi connectivity index (χ0v) is 12.1. The van der Waals surface area contributed by atoms with Gasteiger partial charge in [0.15, 0.2) is 5.96 Å². The van der Waals surface area contributed by atoms with Crippen molar-refractivity contribution in [3.63, 3.8) is 0 Å². The first kappa shape index (κ1) is 15.1. The highest BCUT2D eigenvalue weighted by Crippen LogP contribution is 2.31. The lowest BCUT2D eigenvalue weighted by Gasteiger charge is -2.22. The topological polar surface area (TPSA) is 27.6 Å². The molecule has 0 aromatic carbocycles. The van der Waals surface area contributed by atoms with Gasteiger partial charge in [-0.25, -0.2) is 0 Å². The third kappa shape index (κ3) is 6.67. The molecule has 0 heterocycles. The van der Waals surface area contributed by atoms with Crippen LogP contribution in [0.4, 0.5) is 0 Å². The average Bonchev–Trinajstić information content (AvgIpc) is 3.18. The van der Waals surface area contributed by atoms with E-state index in [2.05, 4.69) is 28.8 Å². The molecular formula is C15H29N3. The van der Waals surface area contributed by atoms with Crippen LogP contribution in [0, 0.1) is 5.92 Å². The van der Waals surface area contributed by atoms with Gasteiger partial charge >= 0.3 is 0 Å². The summed E-state index contributed by atoms with van der Waals surface area (Å²) >= 11 is 0. The zero-order valence-electron chi connectivity index (χ0n) is 12.1. The molecule has 3 nitrogen and oxygen atoms in total. The largest absolute Gasteiger partial charge is 0.356 e. The van der Waals surface area contributed by atoms with E-state index in [9.17, 15) is 0 Å².